The lowest BCUT2D eigenvalue weighted by Crippen LogP contribution is -2.75. The maximum atomic E-state index is 12.1. The summed E-state index contributed by atoms with van der Waals surface area (Å²) in [6.07, 6.45) is -7.46. The SMILES string of the molecule is C[C@]1(O)C[C@H](O)[C@](N)(C(=O)OCCO)[C@H]([C@H](O)[C@H](O)CO)O1. The molecule has 1 saturated heterocycles. The zero-order valence-electron chi connectivity index (χ0n) is 12.1. The van der Waals surface area contributed by atoms with E-state index in [1.807, 2.05) is 0 Å². The third kappa shape index (κ3) is 3.73. The summed E-state index contributed by atoms with van der Waals surface area (Å²) < 4.78 is 9.81. The van der Waals surface area contributed by atoms with E-state index in [1.165, 1.54) is 6.92 Å². The zero-order chi connectivity index (χ0) is 17.1. The lowest BCUT2D eigenvalue weighted by molar-refractivity contribution is -0.306. The topological polar surface area (TPSA) is 183 Å². The molecule has 1 aliphatic heterocycles. The van der Waals surface area contributed by atoms with E-state index in [1.54, 1.807) is 0 Å². The second-order valence-electron chi connectivity index (χ2n) is 5.47. The van der Waals surface area contributed by atoms with Crippen LogP contribution in [-0.4, -0.2) is 92.2 Å². The van der Waals surface area contributed by atoms with E-state index in [-0.39, 0.29) is 0 Å². The number of esters is 1. The fourth-order valence-electron chi connectivity index (χ4n) is 2.31. The van der Waals surface area contributed by atoms with Gasteiger partial charge < -0.3 is 45.8 Å². The standard InChI is InChI=1S/C12H23NO9/c1-11(20)4-7(17)12(13,10(19)21-3-2-14)9(22-11)8(18)6(16)5-15/h6-9,14-18,20H,2-5,13H2,1H3/t6-,7+,8-,9+,11-,12-/m1/s1. The molecule has 1 rings (SSSR count). The van der Waals surface area contributed by atoms with Gasteiger partial charge in [0.15, 0.2) is 11.3 Å². The Morgan fingerprint density at radius 1 is 1.45 bits per heavy atom. The number of nitrogens with two attached hydrogens (primary N) is 1. The summed E-state index contributed by atoms with van der Waals surface area (Å²) in [5.41, 5.74) is 3.55. The monoisotopic (exact) mass is 325 g/mol. The molecule has 0 aliphatic carbocycles. The van der Waals surface area contributed by atoms with E-state index in [0.717, 1.165) is 0 Å². The second-order valence-corrected chi connectivity index (χ2v) is 5.47. The first-order chi connectivity index (χ1) is 10.1. The minimum absolute atomic E-state index is 0.397. The molecular weight excluding hydrogens is 302 g/mol. The zero-order valence-corrected chi connectivity index (χ0v) is 12.1. The van der Waals surface area contributed by atoms with Crippen LogP contribution in [0.25, 0.3) is 0 Å². The van der Waals surface area contributed by atoms with Crippen LogP contribution in [0.1, 0.15) is 13.3 Å². The van der Waals surface area contributed by atoms with Gasteiger partial charge in [0.05, 0.1) is 19.3 Å². The fourth-order valence-corrected chi connectivity index (χ4v) is 2.31. The van der Waals surface area contributed by atoms with E-state index in [9.17, 15) is 25.2 Å². The third-order valence-electron chi connectivity index (χ3n) is 3.54. The van der Waals surface area contributed by atoms with Crippen LogP contribution in [-0.2, 0) is 14.3 Å². The Bertz CT molecular complexity index is 391. The molecule has 130 valence electrons. The Balaban J connectivity index is 3.14. The van der Waals surface area contributed by atoms with Crippen molar-refractivity contribution in [2.24, 2.45) is 5.73 Å². The van der Waals surface area contributed by atoms with Crippen LogP contribution in [0.3, 0.4) is 0 Å². The van der Waals surface area contributed by atoms with Crippen LogP contribution in [0.5, 0.6) is 0 Å². The maximum Gasteiger partial charge on any atom is 0.331 e. The molecule has 0 aromatic carbocycles. The highest BCUT2D eigenvalue weighted by molar-refractivity contribution is 5.82. The van der Waals surface area contributed by atoms with Gasteiger partial charge in [-0.25, -0.2) is 4.79 Å². The lowest BCUT2D eigenvalue weighted by Gasteiger charge is -2.49. The molecule has 10 heteroatoms. The Kier molecular flexibility index (Phi) is 6.24. The summed E-state index contributed by atoms with van der Waals surface area (Å²) in [7, 11) is 0. The molecule has 8 N–H and O–H groups in total. The number of carbonyl (C=O) groups is 1. The Labute approximate surface area is 126 Å². The highest BCUT2D eigenvalue weighted by atomic mass is 16.6. The maximum absolute atomic E-state index is 12.1. The van der Waals surface area contributed by atoms with E-state index in [0.29, 0.717) is 0 Å². The van der Waals surface area contributed by atoms with Gasteiger partial charge in [0, 0.05) is 6.42 Å². The predicted molar refractivity (Wildman–Crippen MR) is 70.2 cm³/mol. The first kappa shape index (κ1) is 19.2. The van der Waals surface area contributed by atoms with Crippen molar-refractivity contribution in [3.8, 4) is 0 Å². The quantitative estimate of drug-likeness (QED) is 0.236. The summed E-state index contributed by atoms with van der Waals surface area (Å²) >= 11 is 0. The number of hydrogen-bond donors (Lipinski definition) is 7. The molecular formula is C12H23NO9. The molecule has 22 heavy (non-hydrogen) atoms. The average molecular weight is 325 g/mol. The van der Waals surface area contributed by atoms with E-state index in [2.05, 4.69) is 4.74 Å². The highest BCUT2D eigenvalue weighted by Gasteiger charge is 2.60. The second kappa shape index (κ2) is 7.15. The summed E-state index contributed by atoms with van der Waals surface area (Å²) in [5, 5.41) is 57.2. The number of hydrogen-bond acceptors (Lipinski definition) is 10. The summed E-state index contributed by atoms with van der Waals surface area (Å²) in [6.45, 7) is -0.559. The van der Waals surface area contributed by atoms with Gasteiger partial charge in [-0.05, 0) is 6.92 Å². The molecule has 0 bridgehead atoms. The molecule has 6 atom stereocenters. The summed E-state index contributed by atoms with van der Waals surface area (Å²) in [6, 6.07) is 0. The average Bonchev–Trinajstić information content (AvgIpc) is 2.46. The molecule has 0 aromatic rings. The number of ether oxygens (including phenoxy) is 2. The predicted octanol–water partition coefficient (Wildman–Crippen LogP) is -4.21. The molecule has 1 fully saturated rings. The summed E-state index contributed by atoms with van der Waals surface area (Å²) in [5.74, 6) is -3.10. The van der Waals surface area contributed by atoms with Crippen LogP contribution in [0.15, 0.2) is 0 Å². The molecule has 0 amide bonds. The fraction of sp³-hybridized carbons (Fsp3) is 0.917. The van der Waals surface area contributed by atoms with Crippen molar-refractivity contribution in [3.63, 3.8) is 0 Å². The van der Waals surface area contributed by atoms with E-state index in [4.69, 9.17) is 20.7 Å². The Hall–Kier alpha value is -0.850. The molecule has 0 radical (unpaired) electrons. The number of aliphatic hydroxyl groups is 6. The Morgan fingerprint density at radius 2 is 2.05 bits per heavy atom. The van der Waals surface area contributed by atoms with Crippen LogP contribution < -0.4 is 5.73 Å². The van der Waals surface area contributed by atoms with Crippen molar-refractivity contribution in [2.75, 3.05) is 19.8 Å². The minimum atomic E-state index is -2.30. The third-order valence-corrected chi connectivity index (χ3v) is 3.54. The highest BCUT2D eigenvalue weighted by Crippen LogP contribution is 2.35. The molecule has 1 aliphatic rings. The van der Waals surface area contributed by atoms with Gasteiger partial charge in [-0.2, -0.15) is 0 Å². The lowest BCUT2D eigenvalue weighted by atomic mass is 9.77. The smallest absolute Gasteiger partial charge is 0.331 e. The number of aliphatic hydroxyl groups excluding tert-OH is 5. The number of carbonyl (C=O) groups excluding carboxylic acids is 1. The van der Waals surface area contributed by atoms with Gasteiger partial charge >= 0.3 is 5.97 Å². The molecule has 0 unspecified atom stereocenters. The van der Waals surface area contributed by atoms with Gasteiger partial charge in [-0.3, -0.25) is 0 Å². The summed E-state index contributed by atoms with van der Waals surface area (Å²) in [4.78, 5) is 12.1. The van der Waals surface area contributed by atoms with Gasteiger partial charge in [0.2, 0.25) is 0 Å². The molecule has 0 spiro atoms. The normalized spacial score (nSPS) is 38.4. The van der Waals surface area contributed by atoms with Crippen molar-refractivity contribution in [1.29, 1.82) is 0 Å². The van der Waals surface area contributed by atoms with Crippen LogP contribution >= 0.6 is 0 Å². The van der Waals surface area contributed by atoms with Gasteiger partial charge in [-0.1, -0.05) is 0 Å². The largest absolute Gasteiger partial charge is 0.462 e. The molecule has 1 heterocycles. The van der Waals surface area contributed by atoms with E-state index < -0.39 is 68.0 Å². The number of rotatable bonds is 6. The van der Waals surface area contributed by atoms with Crippen LogP contribution in [0.4, 0.5) is 0 Å². The van der Waals surface area contributed by atoms with Crippen molar-refractivity contribution in [3.05, 3.63) is 0 Å². The minimum Gasteiger partial charge on any atom is -0.462 e. The van der Waals surface area contributed by atoms with E-state index >= 15 is 0 Å². The van der Waals surface area contributed by atoms with Gasteiger partial charge in [0.25, 0.3) is 0 Å². The van der Waals surface area contributed by atoms with Gasteiger partial charge in [-0.15, -0.1) is 0 Å². The van der Waals surface area contributed by atoms with Crippen LogP contribution in [0, 0.1) is 0 Å². The first-order valence-electron chi connectivity index (χ1n) is 6.72. The van der Waals surface area contributed by atoms with Crippen molar-refractivity contribution >= 4 is 5.97 Å². The molecule has 0 saturated carbocycles. The van der Waals surface area contributed by atoms with Crippen molar-refractivity contribution in [2.45, 2.75) is 49.1 Å². The van der Waals surface area contributed by atoms with Gasteiger partial charge in [0.1, 0.15) is 24.9 Å². The molecule has 0 aromatic heterocycles. The van der Waals surface area contributed by atoms with Crippen LogP contribution in [0.2, 0.25) is 0 Å². The van der Waals surface area contributed by atoms with Crippen molar-refractivity contribution < 1.29 is 44.9 Å². The molecule has 10 nitrogen and oxygen atoms in total. The van der Waals surface area contributed by atoms with Crippen molar-refractivity contribution in [1.82, 2.24) is 0 Å². The first-order valence-corrected chi connectivity index (χ1v) is 6.72. The Morgan fingerprint density at radius 3 is 2.55 bits per heavy atom.